The highest BCUT2D eigenvalue weighted by atomic mass is 14.9. The molecule has 0 saturated heterocycles. The van der Waals surface area contributed by atoms with Gasteiger partial charge in [-0.3, -0.25) is 4.98 Å². The number of aromatic nitrogens is 3. The second kappa shape index (κ2) is 13.8. The van der Waals surface area contributed by atoms with Crippen molar-refractivity contribution in [3.63, 3.8) is 0 Å². The van der Waals surface area contributed by atoms with E-state index in [-0.39, 0.29) is 0 Å². The third kappa shape index (κ3) is 5.63. The second-order valence-corrected chi connectivity index (χ2v) is 15.6. The summed E-state index contributed by atoms with van der Waals surface area (Å²) in [4.78, 5) is 14.8. The lowest BCUT2D eigenvalue weighted by atomic mass is 9.85. The van der Waals surface area contributed by atoms with Crippen molar-refractivity contribution in [2.45, 2.75) is 0 Å². The summed E-state index contributed by atoms with van der Waals surface area (Å²) in [5.41, 5.74) is 11.8. The van der Waals surface area contributed by atoms with Crippen LogP contribution in [0.25, 0.3) is 121 Å². The van der Waals surface area contributed by atoms with Gasteiger partial charge in [0.05, 0.1) is 11.4 Å². The van der Waals surface area contributed by atoms with Crippen LogP contribution in [0.3, 0.4) is 0 Å². The fourth-order valence-corrected chi connectivity index (χ4v) is 9.26. The number of nitrogens with zero attached hydrogens (tertiary/aromatic N) is 3. The van der Waals surface area contributed by atoms with Crippen LogP contribution in [0.5, 0.6) is 0 Å². The fourth-order valence-electron chi connectivity index (χ4n) is 9.26. The SMILES string of the molecule is c1ccc(-c2cc(-c3cccc(-c4cccnc4)c3)nc(-c3cccc(-c4ccc5ccc6c(-c7cc8ccccc8c8ccccc78)ccc7ccc4c5c76)c3)n2)cc1. The Morgan fingerprint density at radius 2 is 0.867 bits per heavy atom. The van der Waals surface area contributed by atoms with E-state index in [2.05, 4.69) is 193 Å². The Labute approximate surface area is 347 Å². The van der Waals surface area contributed by atoms with E-state index < -0.39 is 0 Å². The van der Waals surface area contributed by atoms with E-state index in [0.29, 0.717) is 5.82 Å². The molecule has 0 unspecified atom stereocenters. The standard InChI is InChI=1S/C57H35N3/c1-2-11-36(12-3-1)53-34-54(42-16-8-14-39(31-42)44-18-10-30-58-35-44)60-57(59-53)43-17-9-15-40(32-43)46-26-22-37-25-29-51-49(27-23-38-24-28-50(46)55(37)56(38)51)52-33-41-13-4-5-19-45(41)47-20-6-7-21-48(47)52/h1-35H. The average molecular weight is 762 g/mol. The van der Waals surface area contributed by atoms with Crippen molar-refractivity contribution in [3.05, 3.63) is 213 Å². The summed E-state index contributed by atoms with van der Waals surface area (Å²) in [5, 5.41) is 12.7. The van der Waals surface area contributed by atoms with Crippen molar-refractivity contribution in [1.29, 1.82) is 0 Å². The summed E-state index contributed by atoms with van der Waals surface area (Å²) >= 11 is 0. The molecule has 0 atom stereocenters. The zero-order valence-electron chi connectivity index (χ0n) is 32.5. The first-order chi connectivity index (χ1) is 29.7. The molecular weight excluding hydrogens is 727 g/mol. The molecular formula is C57H35N3. The molecule has 3 nitrogen and oxygen atoms in total. The molecule has 0 aliphatic rings. The van der Waals surface area contributed by atoms with E-state index >= 15 is 0 Å². The Morgan fingerprint density at radius 1 is 0.283 bits per heavy atom. The first-order valence-electron chi connectivity index (χ1n) is 20.4. The fraction of sp³-hybridized carbons (Fsp3) is 0. The van der Waals surface area contributed by atoms with Crippen LogP contribution in [-0.2, 0) is 0 Å². The predicted octanol–water partition coefficient (Wildman–Crippen LogP) is 15.1. The predicted molar refractivity (Wildman–Crippen MR) is 251 cm³/mol. The van der Waals surface area contributed by atoms with Crippen molar-refractivity contribution in [2.75, 3.05) is 0 Å². The number of rotatable bonds is 6. The molecule has 0 N–H and O–H groups in total. The molecule has 0 amide bonds. The van der Waals surface area contributed by atoms with Gasteiger partial charge in [-0.05, 0) is 112 Å². The molecule has 60 heavy (non-hydrogen) atoms. The van der Waals surface area contributed by atoms with Crippen LogP contribution in [0.4, 0.5) is 0 Å². The van der Waals surface area contributed by atoms with Crippen LogP contribution >= 0.6 is 0 Å². The topological polar surface area (TPSA) is 38.7 Å². The van der Waals surface area contributed by atoms with E-state index in [4.69, 9.17) is 9.97 Å². The number of hydrogen-bond acceptors (Lipinski definition) is 3. The zero-order chi connectivity index (χ0) is 39.6. The maximum atomic E-state index is 5.25. The molecule has 0 radical (unpaired) electrons. The van der Waals surface area contributed by atoms with Crippen molar-refractivity contribution in [3.8, 4) is 67.3 Å². The smallest absolute Gasteiger partial charge is 0.160 e. The minimum atomic E-state index is 0.685. The molecule has 0 bridgehead atoms. The van der Waals surface area contributed by atoms with Crippen LogP contribution in [0, 0.1) is 0 Å². The van der Waals surface area contributed by atoms with Gasteiger partial charge >= 0.3 is 0 Å². The Hall–Kier alpha value is -8.01. The van der Waals surface area contributed by atoms with Crippen LogP contribution in [-0.4, -0.2) is 15.0 Å². The monoisotopic (exact) mass is 761 g/mol. The van der Waals surface area contributed by atoms with Gasteiger partial charge in [-0.25, -0.2) is 9.97 Å². The first kappa shape index (κ1) is 34.1. The number of hydrogen-bond donors (Lipinski definition) is 0. The lowest BCUT2D eigenvalue weighted by molar-refractivity contribution is 1.18. The van der Waals surface area contributed by atoms with Crippen molar-refractivity contribution < 1.29 is 0 Å². The quantitative estimate of drug-likeness (QED) is 0.158. The van der Waals surface area contributed by atoms with Gasteiger partial charge in [0.1, 0.15) is 0 Å². The maximum absolute atomic E-state index is 5.25. The van der Waals surface area contributed by atoms with Crippen LogP contribution in [0.15, 0.2) is 213 Å². The number of fused-ring (bicyclic) bond motifs is 3. The van der Waals surface area contributed by atoms with Gasteiger partial charge in [-0.1, -0.05) is 170 Å². The van der Waals surface area contributed by atoms with E-state index in [9.17, 15) is 0 Å². The van der Waals surface area contributed by atoms with Gasteiger partial charge in [0.25, 0.3) is 0 Å². The Kier molecular flexibility index (Phi) is 7.85. The van der Waals surface area contributed by atoms with Crippen LogP contribution in [0.1, 0.15) is 0 Å². The summed E-state index contributed by atoms with van der Waals surface area (Å²) in [6, 6.07) is 72.1. The molecule has 3 heteroatoms. The Balaban J connectivity index is 1.02. The number of pyridine rings is 1. The molecule has 12 rings (SSSR count). The normalized spacial score (nSPS) is 11.7. The van der Waals surface area contributed by atoms with Crippen molar-refractivity contribution in [1.82, 2.24) is 15.0 Å². The molecule has 278 valence electrons. The van der Waals surface area contributed by atoms with Crippen molar-refractivity contribution in [2.24, 2.45) is 0 Å². The van der Waals surface area contributed by atoms with Gasteiger partial charge in [0, 0.05) is 34.6 Å². The third-order valence-electron chi connectivity index (χ3n) is 12.1. The minimum Gasteiger partial charge on any atom is -0.264 e. The second-order valence-electron chi connectivity index (χ2n) is 15.6. The highest BCUT2D eigenvalue weighted by molar-refractivity contribution is 6.28. The highest BCUT2D eigenvalue weighted by Gasteiger charge is 2.18. The van der Waals surface area contributed by atoms with Crippen LogP contribution < -0.4 is 0 Å². The molecule has 0 saturated carbocycles. The van der Waals surface area contributed by atoms with Gasteiger partial charge in [-0.2, -0.15) is 0 Å². The summed E-state index contributed by atoms with van der Waals surface area (Å²) < 4.78 is 0. The molecule has 10 aromatic carbocycles. The highest BCUT2D eigenvalue weighted by Crippen LogP contribution is 2.45. The molecule has 0 aliphatic heterocycles. The van der Waals surface area contributed by atoms with Crippen LogP contribution in [0.2, 0.25) is 0 Å². The first-order valence-corrected chi connectivity index (χ1v) is 20.4. The zero-order valence-corrected chi connectivity index (χ0v) is 32.5. The maximum Gasteiger partial charge on any atom is 0.160 e. The number of benzene rings is 10. The van der Waals surface area contributed by atoms with E-state index in [0.717, 1.165) is 44.8 Å². The van der Waals surface area contributed by atoms with Gasteiger partial charge in [0.15, 0.2) is 5.82 Å². The summed E-state index contributed by atoms with van der Waals surface area (Å²) in [6.07, 6.45) is 3.70. The van der Waals surface area contributed by atoms with Gasteiger partial charge in [0.2, 0.25) is 0 Å². The lowest BCUT2D eigenvalue weighted by Gasteiger charge is -2.18. The third-order valence-corrected chi connectivity index (χ3v) is 12.1. The van der Waals surface area contributed by atoms with E-state index in [1.54, 1.807) is 6.20 Å². The van der Waals surface area contributed by atoms with Gasteiger partial charge in [-0.15, -0.1) is 0 Å². The Morgan fingerprint density at radius 3 is 1.65 bits per heavy atom. The molecule has 2 heterocycles. The minimum absolute atomic E-state index is 0.685. The largest absolute Gasteiger partial charge is 0.264 e. The molecule has 2 aromatic heterocycles. The average Bonchev–Trinajstić information content (AvgIpc) is 3.33. The molecule has 0 spiro atoms. The summed E-state index contributed by atoms with van der Waals surface area (Å²) in [7, 11) is 0. The lowest BCUT2D eigenvalue weighted by Crippen LogP contribution is -1.96. The van der Waals surface area contributed by atoms with E-state index in [1.165, 1.54) is 70.6 Å². The summed E-state index contributed by atoms with van der Waals surface area (Å²) in [5.74, 6) is 0.685. The Bertz CT molecular complexity index is 3590. The summed E-state index contributed by atoms with van der Waals surface area (Å²) in [6.45, 7) is 0. The molecule has 0 aliphatic carbocycles. The van der Waals surface area contributed by atoms with Crippen molar-refractivity contribution >= 4 is 53.9 Å². The molecule has 12 aromatic rings. The van der Waals surface area contributed by atoms with E-state index in [1.807, 2.05) is 18.3 Å². The van der Waals surface area contributed by atoms with Gasteiger partial charge < -0.3 is 0 Å². The molecule has 0 fully saturated rings.